The fraction of sp³-hybridized carbons (Fsp3) is 0.0588. The van der Waals surface area contributed by atoms with Gasteiger partial charge in [-0.25, -0.2) is 4.39 Å². The van der Waals surface area contributed by atoms with Gasteiger partial charge in [0.25, 0.3) is 0 Å². The van der Waals surface area contributed by atoms with Gasteiger partial charge in [-0.15, -0.1) is 0 Å². The van der Waals surface area contributed by atoms with Crippen molar-refractivity contribution in [1.82, 2.24) is 0 Å². The van der Waals surface area contributed by atoms with Crippen molar-refractivity contribution in [3.05, 3.63) is 71.0 Å². The Hall–Kier alpha value is -2.26. The summed E-state index contributed by atoms with van der Waals surface area (Å²) in [6, 6.07) is 15.3. The van der Waals surface area contributed by atoms with Gasteiger partial charge < -0.3 is 9.84 Å². The molecule has 0 spiro atoms. The van der Waals surface area contributed by atoms with Gasteiger partial charge in [0.1, 0.15) is 23.9 Å². The van der Waals surface area contributed by atoms with Gasteiger partial charge in [-0.05, 0) is 52.7 Å². The lowest BCUT2D eigenvalue weighted by Crippen LogP contribution is -1.96. The van der Waals surface area contributed by atoms with Crippen molar-refractivity contribution in [3.8, 4) is 11.5 Å². The molecule has 0 amide bonds. The van der Waals surface area contributed by atoms with Crippen LogP contribution in [0.25, 0.3) is 10.8 Å². The highest BCUT2D eigenvalue weighted by molar-refractivity contribution is 6.30. The topological polar surface area (TPSA) is 29.5 Å². The molecule has 0 fully saturated rings. The molecule has 3 aromatic rings. The number of hydrogen-bond acceptors (Lipinski definition) is 2. The van der Waals surface area contributed by atoms with Crippen molar-refractivity contribution in [2.24, 2.45) is 0 Å². The van der Waals surface area contributed by atoms with E-state index < -0.39 is 5.82 Å². The number of aromatic hydroxyl groups is 1. The highest BCUT2D eigenvalue weighted by Crippen LogP contribution is 2.25. The molecule has 0 aromatic heterocycles. The van der Waals surface area contributed by atoms with Gasteiger partial charge in [-0.3, -0.25) is 0 Å². The molecule has 0 aliphatic heterocycles. The largest absolute Gasteiger partial charge is 0.508 e. The third kappa shape index (κ3) is 3.09. The summed E-state index contributed by atoms with van der Waals surface area (Å²) in [7, 11) is 0. The summed E-state index contributed by atoms with van der Waals surface area (Å²) < 4.78 is 18.8. The molecule has 0 bridgehead atoms. The molecule has 3 aromatic carbocycles. The van der Waals surface area contributed by atoms with Crippen molar-refractivity contribution >= 4 is 22.4 Å². The molecule has 0 atom stereocenters. The molecular formula is C17H12ClFO2. The van der Waals surface area contributed by atoms with E-state index in [0.29, 0.717) is 12.4 Å². The number of phenolic OH excluding ortho intramolecular Hbond substituents is 1. The summed E-state index contributed by atoms with van der Waals surface area (Å²) in [5, 5.41) is 11.5. The van der Waals surface area contributed by atoms with Crippen LogP contribution < -0.4 is 4.74 Å². The number of rotatable bonds is 3. The highest BCUT2D eigenvalue weighted by atomic mass is 35.5. The predicted molar refractivity (Wildman–Crippen MR) is 81.4 cm³/mol. The Kier molecular flexibility index (Phi) is 3.67. The number of ether oxygens (including phenoxy) is 1. The number of phenols is 1. The van der Waals surface area contributed by atoms with Gasteiger partial charge in [-0.2, -0.15) is 0 Å². The maximum absolute atomic E-state index is 13.1. The number of benzene rings is 3. The quantitative estimate of drug-likeness (QED) is 0.744. The van der Waals surface area contributed by atoms with E-state index >= 15 is 0 Å². The van der Waals surface area contributed by atoms with Crippen LogP contribution >= 0.6 is 11.6 Å². The minimum Gasteiger partial charge on any atom is -0.508 e. The van der Waals surface area contributed by atoms with Crippen LogP contribution in [-0.2, 0) is 6.61 Å². The molecule has 0 heterocycles. The summed E-state index contributed by atoms with van der Waals surface area (Å²) in [6.45, 7) is 0.296. The Balaban J connectivity index is 1.79. The van der Waals surface area contributed by atoms with E-state index in [0.717, 1.165) is 16.3 Å². The minimum atomic E-state index is -0.443. The van der Waals surface area contributed by atoms with Crippen molar-refractivity contribution in [1.29, 1.82) is 0 Å². The summed E-state index contributed by atoms with van der Waals surface area (Å²) in [4.78, 5) is 0. The summed E-state index contributed by atoms with van der Waals surface area (Å²) in [6.07, 6.45) is 0. The van der Waals surface area contributed by atoms with Crippen LogP contribution in [0.4, 0.5) is 4.39 Å². The molecule has 3 rings (SSSR count). The fourth-order valence-electron chi connectivity index (χ4n) is 2.10. The van der Waals surface area contributed by atoms with Crippen LogP contribution in [-0.4, -0.2) is 5.11 Å². The van der Waals surface area contributed by atoms with E-state index in [1.807, 2.05) is 24.3 Å². The van der Waals surface area contributed by atoms with Gasteiger partial charge in [0.05, 0.1) is 5.02 Å². The van der Waals surface area contributed by atoms with E-state index in [1.54, 1.807) is 24.3 Å². The van der Waals surface area contributed by atoms with Crippen molar-refractivity contribution in [3.63, 3.8) is 0 Å². The third-order valence-corrected chi connectivity index (χ3v) is 3.47. The van der Waals surface area contributed by atoms with Crippen LogP contribution in [0.5, 0.6) is 11.5 Å². The molecule has 0 unspecified atom stereocenters. The average molecular weight is 303 g/mol. The molecule has 4 heteroatoms. The van der Waals surface area contributed by atoms with E-state index in [1.165, 1.54) is 6.07 Å². The minimum absolute atomic E-state index is 0.0829. The van der Waals surface area contributed by atoms with Crippen LogP contribution in [0, 0.1) is 5.82 Å². The molecule has 21 heavy (non-hydrogen) atoms. The lowest BCUT2D eigenvalue weighted by Gasteiger charge is -2.08. The molecule has 0 saturated heterocycles. The number of hydrogen-bond donors (Lipinski definition) is 1. The molecule has 106 valence electrons. The first kappa shape index (κ1) is 13.7. The monoisotopic (exact) mass is 302 g/mol. The second-order valence-electron chi connectivity index (χ2n) is 4.73. The van der Waals surface area contributed by atoms with Gasteiger partial charge in [-0.1, -0.05) is 29.8 Å². The Morgan fingerprint density at radius 3 is 2.57 bits per heavy atom. The lowest BCUT2D eigenvalue weighted by atomic mass is 10.1. The Labute approximate surface area is 126 Å². The zero-order valence-corrected chi connectivity index (χ0v) is 11.8. The molecule has 0 radical (unpaired) electrons. The van der Waals surface area contributed by atoms with E-state index in [2.05, 4.69) is 0 Å². The van der Waals surface area contributed by atoms with Gasteiger partial charge in [0, 0.05) is 0 Å². The smallest absolute Gasteiger partial charge is 0.141 e. The third-order valence-electron chi connectivity index (χ3n) is 3.18. The standard InChI is InChI=1S/C17H12ClFO2/c18-16-7-11(1-6-17(16)19)10-21-15-5-3-12-2-4-14(20)8-13(12)9-15/h1-9,20H,10H2. The second kappa shape index (κ2) is 5.62. The van der Waals surface area contributed by atoms with Crippen LogP contribution in [0.15, 0.2) is 54.6 Å². The highest BCUT2D eigenvalue weighted by Gasteiger charge is 2.03. The van der Waals surface area contributed by atoms with E-state index in [9.17, 15) is 9.50 Å². The Morgan fingerprint density at radius 2 is 1.76 bits per heavy atom. The zero-order valence-electron chi connectivity index (χ0n) is 11.0. The molecule has 0 saturated carbocycles. The maximum Gasteiger partial charge on any atom is 0.141 e. The van der Waals surface area contributed by atoms with Gasteiger partial charge >= 0.3 is 0 Å². The van der Waals surface area contributed by atoms with Gasteiger partial charge in [0.2, 0.25) is 0 Å². The first-order valence-electron chi connectivity index (χ1n) is 6.41. The Bertz CT molecular complexity index is 802. The molecule has 2 nitrogen and oxygen atoms in total. The molecular weight excluding hydrogens is 291 g/mol. The average Bonchev–Trinajstić information content (AvgIpc) is 2.48. The summed E-state index contributed by atoms with van der Waals surface area (Å²) in [5.74, 6) is 0.445. The second-order valence-corrected chi connectivity index (χ2v) is 5.14. The first-order valence-corrected chi connectivity index (χ1v) is 6.79. The normalized spacial score (nSPS) is 10.8. The van der Waals surface area contributed by atoms with Crippen LogP contribution in [0.1, 0.15) is 5.56 Å². The van der Waals surface area contributed by atoms with Crippen LogP contribution in [0.2, 0.25) is 5.02 Å². The fourth-order valence-corrected chi connectivity index (χ4v) is 2.30. The van der Waals surface area contributed by atoms with Crippen LogP contribution in [0.3, 0.4) is 0 Å². The van der Waals surface area contributed by atoms with Crippen molar-refractivity contribution in [2.75, 3.05) is 0 Å². The predicted octanol–water partition coefficient (Wildman–Crippen LogP) is 4.92. The molecule has 0 aliphatic rings. The van der Waals surface area contributed by atoms with E-state index in [4.69, 9.17) is 16.3 Å². The lowest BCUT2D eigenvalue weighted by molar-refractivity contribution is 0.306. The molecule has 0 aliphatic carbocycles. The zero-order chi connectivity index (χ0) is 14.8. The number of fused-ring (bicyclic) bond motifs is 1. The van der Waals surface area contributed by atoms with Crippen molar-refractivity contribution < 1.29 is 14.2 Å². The SMILES string of the molecule is Oc1ccc2ccc(OCc3ccc(F)c(Cl)c3)cc2c1. The Morgan fingerprint density at radius 1 is 0.952 bits per heavy atom. The van der Waals surface area contributed by atoms with E-state index in [-0.39, 0.29) is 10.8 Å². The first-order chi connectivity index (χ1) is 10.1. The number of halogens is 2. The summed E-state index contributed by atoms with van der Waals surface area (Å²) in [5.41, 5.74) is 0.789. The molecule has 1 N–H and O–H groups in total. The van der Waals surface area contributed by atoms with Gasteiger partial charge in [0.15, 0.2) is 0 Å². The summed E-state index contributed by atoms with van der Waals surface area (Å²) >= 11 is 5.73. The van der Waals surface area contributed by atoms with Crippen molar-refractivity contribution in [2.45, 2.75) is 6.61 Å². The maximum atomic E-state index is 13.1.